The monoisotopic (exact) mass is 334 g/mol. The molecule has 1 aromatic carbocycles. The van der Waals surface area contributed by atoms with Crippen LogP contribution in [-0.4, -0.2) is 49.7 Å². The third-order valence-corrected chi connectivity index (χ3v) is 5.63. The van der Waals surface area contributed by atoms with Gasteiger partial charge in [-0.25, -0.2) is 8.42 Å². The van der Waals surface area contributed by atoms with Crippen molar-refractivity contribution in [3.63, 3.8) is 0 Å². The number of hydrogen-bond acceptors (Lipinski definition) is 4. The lowest BCUT2D eigenvalue weighted by Gasteiger charge is -2.33. The maximum absolute atomic E-state index is 12.5. The highest BCUT2D eigenvalue weighted by Crippen LogP contribution is 2.20. The van der Waals surface area contributed by atoms with Crippen LogP contribution in [-0.2, 0) is 10.0 Å². The van der Waals surface area contributed by atoms with Crippen LogP contribution in [0.4, 0.5) is 0 Å². The smallest absolute Gasteiger partial charge is 0.276 e. The molecule has 122 valence electrons. The van der Waals surface area contributed by atoms with Gasteiger partial charge in [-0.15, -0.1) is 0 Å². The lowest BCUT2D eigenvalue weighted by atomic mass is 10.2. The maximum atomic E-state index is 12.5. The van der Waals surface area contributed by atoms with Gasteiger partial charge in [0.25, 0.3) is 15.9 Å². The summed E-state index contributed by atoms with van der Waals surface area (Å²) in [5.74, 6) is 0.484. The lowest BCUT2D eigenvalue weighted by Crippen LogP contribution is -2.50. The minimum Gasteiger partial charge on any atom is -0.449 e. The summed E-state index contributed by atoms with van der Waals surface area (Å²) in [6, 6.07) is 12.1. The Morgan fingerprint density at radius 1 is 1.00 bits per heavy atom. The molecular weight excluding hydrogens is 316 g/mol. The molecule has 7 heteroatoms. The standard InChI is InChI=1S/C16H18N2O4S/c1-13-7-8-15(22-13)23(20,21)18-11-9-17(10-12-18)16(19)14-5-3-2-4-6-14/h2-8H,9-12H2,1H3. The molecule has 0 unspecified atom stereocenters. The molecule has 23 heavy (non-hydrogen) atoms. The Balaban J connectivity index is 1.68. The van der Waals surface area contributed by atoms with Gasteiger partial charge in [0.1, 0.15) is 5.76 Å². The Kier molecular flexibility index (Phi) is 4.23. The number of piperazine rings is 1. The molecule has 6 nitrogen and oxygen atoms in total. The van der Waals surface area contributed by atoms with E-state index in [4.69, 9.17) is 4.42 Å². The highest BCUT2D eigenvalue weighted by molar-refractivity contribution is 7.89. The first-order chi connectivity index (χ1) is 11.0. The normalized spacial score (nSPS) is 16.5. The Labute approximate surface area is 135 Å². The van der Waals surface area contributed by atoms with Gasteiger partial charge in [-0.05, 0) is 31.2 Å². The topological polar surface area (TPSA) is 70.8 Å². The van der Waals surface area contributed by atoms with Crippen molar-refractivity contribution >= 4 is 15.9 Å². The molecule has 0 aliphatic carbocycles. The average molecular weight is 334 g/mol. The number of rotatable bonds is 3. The molecule has 1 aliphatic rings. The lowest BCUT2D eigenvalue weighted by molar-refractivity contribution is 0.0697. The number of carbonyl (C=O) groups excluding carboxylic acids is 1. The zero-order valence-electron chi connectivity index (χ0n) is 12.8. The highest BCUT2D eigenvalue weighted by Gasteiger charge is 2.32. The summed E-state index contributed by atoms with van der Waals surface area (Å²) in [7, 11) is -3.63. The summed E-state index contributed by atoms with van der Waals surface area (Å²) >= 11 is 0. The van der Waals surface area contributed by atoms with Gasteiger partial charge in [-0.1, -0.05) is 18.2 Å². The van der Waals surface area contributed by atoms with E-state index < -0.39 is 10.0 Å². The quantitative estimate of drug-likeness (QED) is 0.857. The van der Waals surface area contributed by atoms with Crippen LogP contribution in [0.3, 0.4) is 0 Å². The molecule has 1 aliphatic heterocycles. The minimum absolute atomic E-state index is 0.0437. The van der Waals surface area contributed by atoms with Gasteiger partial charge >= 0.3 is 0 Å². The second-order valence-electron chi connectivity index (χ2n) is 5.43. The van der Waals surface area contributed by atoms with Gasteiger partial charge < -0.3 is 9.32 Å². The number of sulfonamides is 1. The van der Waals surface area contributed by atoms with Crippen molar-refractivity contribution in [1.29, 1.82) is 0 Å². The average Bonchev–Trinajstić information content (AvgIpc) is 3.02. The molecule has 2 heterocycles. The summed E-state index contributed by atoms with van der Waals surface area (Å²) in [5.41, 5.74) is 0.616. The Morgan fingerprint density at radius 2 is 1.65 bits per heavy atom. The zero-order chi connectivity index (χ0) is 16.4. The van der Waals surface area contributed by atoms with E-state index in [0.717, 1.165) is 0 Å². The molecule has 1 saturated heterocycles. The van der Waals surface area contributed by atoms with Crippen LogP contribution < -0.4 is 0 Å². The number of hydrogen-bond donors (Lipinski definition) is 0. The number of furan rings is 1. The summed E-state index contributed by atoms with van der Waals surface area (Å²) in [5, 5.41) is -0.0437. The first-order valence-electron chi connectivity index (χ1n) is 7.39. The van der Waals surface area contributed by atoms with Gasteiger partial charge in [-0.2, -0.15) is 4.31 Å². The molecule has 0 bridgehead atoms. The predicted molar refractivity (Wildman–Crippen MR) is 84.5 cm³/mol. The van der Waals surface area contributed by atoms with Crippen molar-refractivity contribution in [3.05, 3.63) is 53.8 Å². The van der Waals surface area contributed by atoms with E-state index in [9.17, 15) is 13.2 Å². The van der Waals surface area contributed by atoms with Crippen LogP contribution in [0.25, 0.3) is 0 Å². The molecule has 0 atom stereocenters. The molecule has 1 amide bonds. The van der Waals surface area contributed by atoms with E-state index in [0.29, 0.717) is 24.4 Å². The van der Waals surface area contributed by atoms with Crippen molar-refractivity contribution in [2.75, 3.05) is 26.2 Å². The molecule has 2 aromatic rings. The summed E-state index contributed by atoms with van der Waals surface area (Å²) in [4.78, 5) is 14.0. The van der Waals surface area contributed by atoms with Gasteiger partial charge in [0.05, 0.1) is 0 Å². The zero-order valence-corrected chi connectivity index (χ0v) is 13.6. The van der Waals surface area contributed by atoms with Crippen LogP contribution in [0, 0.1) is 6.92 Å². The molecular formula is C16H18N2O4S. The van der Waals surface area contributed by atoms with Gasteiger partial charge in [0, 0.05) is 31.7 Å². The minimum atomic E-state index is -3.63. The van der Waals surface area contributed by atoms with E-state index in [2.05, 4.69) is 0 Å². The van der Waals surface area contributed by atoms with Crippen LogP contribution in [0.5, 0.6) is 0 Å². The largest absolute Gasteiger partial charge is 0.449 e. The predicted octanol–water partition coefficient (Wildman–Crippen LogP) is 1.73. The second-order valence-corrected chi connectivity index (χ2v) is 7.30. The third kappa shape index (κ3) is 3.16. The van der Waals surface area contributed by atoms with Crippen LogP contribution in [0.1, 0.15) is 16.1 Å². The Hall–Kier alpha value is -2.12. The van der Waals surface area contributed by atoms with E-state index >= 15 is 0 Å². The maximum Gasteiger partial charge on any atom is 0.276 e. The summed E-state index contributed by atoms with van der Waals surface area (Å²) in [6.07, 6.45) is 0. The fourth-order valence-electron chi connectivity index (χ4n) is 2.57. The van der Waals surface area contributed by atoms with E-state index in [1.807, 2.05) is 18.2 Å². The fraction of sp³-hybridized carbons (Fsp3) is 0.312. The number of carbonyl (C=O) groups is 1. The first-order valence-corrected chi connectivity index (χ1v) is 8.83. The van der Waals surface area contributed by atoms with Crippen LogP contribution in [0.2, 0.25) is 0 Å². The van der Waals surface area contributed by atoms with Gasteiger partial charge in [0.15, 0.2) is 0 Å². The molecule has 1 fully saturated rings. The molecule has 0 N–H and O–H groups in total. The Bertz CT molecular complexity index is 790. The number of aryl methyl sites for hydroxylation is 1. The van der Waals surface area contributed by atoms with E-state index in [-0.39, 0.29) is 24.1 Å². The fourth-order valence-corrected chi connectivity index (χ4v) is 3.95. The molecule has 3 rings (SSSR count). The molecule has 0 spiro atoms. The highest BCUT2D eigenvalue weighted by atomic mass is 32.2. The Morgan fingerprint density at radius 3 is 2.22 bits per heavy atom. The second kappa shape index (κ2) is 6.17. The number of amides is 1. The summed E-state index contributed by atoms with van der Waals surface area (Å²) < 4.78 is 31.5. The van der Waals surface area contributed by atoms with Crippen molar-refractivity contribution in [2.45, 2.75) is 12.0 Å². The van der Waals surface area contributed by atoms with Crippen molar-refractivity contribution in [2.24, 2.45) is 0 Å². The van der Waals surface area contributed by atoms with Crippen molar-refractivity contribution in [1.82, 2.24) is 9.21 Å². The van der Waals surface area contributed by atoms with Crippen LogP contribution in [0.15, 0.2) is 52.0 Å². The van der Waals surface area contributed by atoms with Crippen LogP contribution >= 0.6 is 0 Å². The van der Waals surface area contributed by atoms with Gasteiger partial charge in [0.2, 0.25) is 5.09 Å². The molecule has 0 saturated carbocycles. The number of benzene rings is 1. The first kappa shape index (κ1) is 15.8. The van der Waals surface area contributed by atoms with Crippen molar-refractivity contribution < 1.29 is 17.6 Å². The summed E-state index contributed by atoms with van der Waals surface area (Å²) in [6.45, 7) is 2.97. The molecule has 0 radical (unpaired) electrons. The van der Waals surface area contributed by atoms with Gasteiger partial charge in [-0.3, -0.25) is 4.79 Å². The molecule has 1 aromatic heterocycles. The van der Waals surface area contributed by atoms with E-state index in [1.165, 1.54) is 10.4 Å². The number of nitrogens with zero attached hydrogens (tertiary/aromatic N) is 2. The van der Waals surface area contributed by atoms with Crippen molar-refractivity contribution in [3.8, 4) is 0 Å². The SMILES string of the molecule is Cc1ccc(S(=O)(=O)N2CCN(C(=O)c3ccccc3)CC2)o1. The van der Waals surface area contributed by atoms with E-state index in [1.54, 1.807) is 30.0 Å². The third-order valence-electron chi connectivity index (χ3n) is 3.86.